The largest absolute Gasteiger partial charge is 0.446 e. The summed E-state index contributed by atoms with van der Waals surface area (Å²) in [5.41, 5.74) is 0.523. The molecule has 0 radical (unpaired) electrons. The molecule has 0 unspecified atom stereocenters. The smallest absolute Gasteiger partial charge is 0.362 e. The minimum Gasteiger partial charge on any atom is -0.362 e. The van der Waals surface area contributed by atoms with Gasteiger partial charge in [0.05, 0.1) is 0 Å². The summed E-state index contributed by atoms with van der Waals surface area (Å²) < 4.78 is 33.4. The van der Waals surface area contributed by atoms with Gasteiger partial charge in [0.1, 0.15) is 5.75 Å². The van der Waals surface area contributed by atoms with Crippen LogP contribution >= 0.6 is 0 Å². The van der Waals surface area contributed by atoms with Gasteiger partial charge >= 0.3 is 10.4 Å². The molecule has 0 saturated heterocycles. The molecule has 0 bridgehead atoms. The van der Waals surface area contributed by atoms with E-state index in [0.29, 0.717) is 12.1 Å². The molecular formula is C9H11NO5S. The minimum atomic E-state index is -4.51. The van der Waals surface area contributed by atoms with Gasteiger partial charge < -0.3 is 9.50 Å². The molecule has 0 spiro atoms. The summed E-state index contributed by atoms with van der Waals surface area (Å²) in [5, 5.41) is 2.58. The third kappa shape index (κ3) is 4.28. The van der Waals surface area contributed by atoms with Crippen molar-refractivity contribution in [2.24, 2.45) is 0 Å². The monoisotopic (exact) mass is 245 g/mol. The topological polar surface area (TPSA) is 92.7 Å². The van der Waals surface area contributed by atoms with Crippen LogP contribution in [0.15, 0.2) is 24.3 Å². The molecule has 1 aromatic carbocycles. The molecule has 88 valence electrons. The lowest BCUT2D eigenvalue weighted by atomic mass is 10.3. The molecule has 6 nitrogen and oxygen atoms in total. The molecule has 0 aliphatic carbocycles. The van der Waals surface area contributed by atoms with Gasteiger partial charge in [-0.1, -0.05) is 6.92 Å². The molecule has 1 rings (SSSR count). The predicted molar refractivity (Wildman–Crippen MR) is 57.5 cm³/mol. The van der Waals surface area contributed by atoms with Gasteiger partial charge in [-0.05, 0) is 24.3 Å². The van der Waals surface area contributed by atoms with Crippen LogP contribution in [0.1, 0.15) is 13.3 Å². The van der Waals surface area contributed by atoms with Crippen LogP contribution in [0.5, 0.6) is 5.75 Å². The Morgan fingerprint density at radius 3 is 2.38 bits per heavy atom. The van der Waals surface area contributed by atoms with E-state index < -0.39 is 10.4 Å². The Morgan fingerprint density at radius 2 is 1.94 bits per heavy atom. The van der Waals surface area contributed by atoms with E-state index in [9.17, 15) is 13.2 Å². The zero-order valence-corrected chi connectivity index (χ0v) is 9.32. The second-order valence-electron chi connectivity index (χ2n) is 2.94. The van der Waals surface area contributed by atoms with Crippen LogP contribution in [-0.2, 0) is 15.2 Å². The number of carbonyl (C=O) groups is 1. The van der Waals surface area contributed by atoms with Crippen molar-refractivity contribution in [2.45, 2.75) is 13.3 Å². The quantitative estimate of drug-likeness (QED) is 0.778. The molecule has 1 aromatic rings. The van der Waals surface area contributed by atoms with Gasteiger partial charge in [-0.15, -0.1) is 0 Å². The van der Waals surface area contributed by atoms with Crippen LogP contribution < -0.4 is 9.50 Å². The Balaban J connectivity index is 2.72. The maximum absolute atomic E-state index is 11.0. The number of anilines is 1. The SMILES string of the molecule is CCC(=O)Nc1ccc(OS(=O)(=O)O)cc1. The highest BCUT2D eigenvalue weighted by Gasteiger charge is 2.06. The number of rotatable bonds is 4. The Bertz CT molecular complexity index is 465. The van der Waals surface area contributed by atoms with Crippen molar-refractivity contribution >= 4 is 22.0 Å². The van der Waals surface area contributed by atoms with E-state index in [2.05, 4.69) is 9.50 Å². The third-order valence-corrected chi connectivity index (χ3v) is 2.06. The fraction of sp³-hybridized carbons (Fsp3) is 0.222. The lowest BCUT2D eigenvalue weighted by Crippen LogP contribution is -2.09. The van der Waals surface area contributed by atoms with E-state index in [4.69, 9.17) is 4.55 Å². The van der Waals surface area contributed by atoms with E-state index in [1.165, 1.54) is 24.3 Å². The summed E-state index contributed by atoms with van der Waals surface area (Å²) in [7, 11) is -4.51. The summed E-state index contributed by atoms with van der Waals surface area (Å²) >= 11 is 0. The van der Waals surface area contributed by atoms with E-state index in [1.807, 2.05) is 0 Å². The molecule has 0 heterocycles. The van der Waals surface area contributed by atoms with Crippen molar-refractivity contribution < 1.29 is 21.9 Å². The van der Waals surface area contributed by atoms with E-state index in [-0.39, 0.29) is 11.7 Å². The second-order valence-corrected chi connectivity index (χ2v) is 3.96. The van der Waals surface area contributed by atoms with Crippen molar-refractivity contribution in [2.75, 3.05) is 5.32 Å². The van der Waals surface area contributed by atoms with Crippen LogP contribution in [0.3, 0.4) is 0 Å². The molecule has 0 fully saturated rings. The van der Waals surface area contributed by atoms with Crippen molar-refractivity contribution in [1.82, 2.24) is 0 Å². The van der Waals surface area contributed by atoms with Gasteiger partial charge in [0.2, 0.25) is 5.91 Å². The van der Waals surface area contributed by atoms with Gasteiger partial charge in [0, 0.05) is 12.1 Å². The molecule has 16 heavy (non-hydrogen) atoms. The number of amides is 1. The molecule has 0 aliphatic rings. The van der Waals surface area contributed by atoms with Crippen LogP contribution in [-0.4, -0.2) is 18.9 Å². The van der Waals surface area contributed by atoms with E-state index >= 15 is 0 Å². The highest BCUT2D eigenvalue weighted by molar-refractivity contribution is 7.81. The minimum absolute atomic E-state index is 0.0306. The Morgan fingerprint density at radius 1 is 1.38 bits per heavy atom. The Kier molecular flexibility index (Phi) is 3.86. The van der Waals surface area contributed by atoms with Crippen LogP contribution in [0.2, 0.25) is 0 Å². The lowest BCUT2D eigenvalue weighted by molar-refractivity contribution is -0.115. The van der Waals surface area contributed by atoms with Crippen LogP contribution in [0, 0.1) is 0 Å². The molecule has 0 atom stereocenters. The molecule has 2 N–H and O–H groups in total. The van der Waals surface area contributed by atoms with Gasteiger partial charge in [0.15, 0.2) is 0 Å². The number of benzene rings is 1. The zero-order valence-electron chi connectivity index (χ0n) is 8.50. The van der Waals surface area contributed by atoms with Gasteiger partial charge in [-0.3, -0.25) is 9.35 Å². The molecule has 0 aromatic heterocycles. The second kappa shape index (κ2) is 4.95. The average Bonchev–Trinajstić information content (AvgIpc) is 2.18. The molecule has 7 heteroatoms. The number of hydrogen-bond donors (Lipinski definition) is 2. The summed E-state index contributed by atoms with van der Waals surface area (Å²) in [5.74, 6) is -0.180. The summed E-state index contributed by atoms with van der Waals surface area (Å²) in [6.07, 6.45) is 0.350. The lowest BCUT2D eigenvalue weighted by Gasteiger charge is -2.04. The van der Waals surface area contributed by atoms with Crippen LogP contribution in [0.25, 0.3) is 0 Å². The van der Waals surface area contributed by atoms with Crippen molar-refractivity contribution in [3.8, 4) is 5.75 Å². The molecule has 0 saturated carbocycles. The first-order chi connectivity index (χ1) is 7.40. The maximum atomic E-state index is 11.0. The first-order valence-electron chi connectivity index (χ1n) is 4.47. The standard InChI is InChI=1S/C9H11NO5S/c1-2-9(11)10-7-3-5-8(6-4-7)15-16(12,13)14/h3-6H,2H2,1H3,(H,10,11)(H,12,13,14). The fourth-order valence-corrected chi connectivity index (χ4v) is 1.32. The van der Waals surface area contributed by atoms with Gasteiger partial charge in [0.25, 0.3) is 0 Å². The average molecular weight is 245 g/mol. The van der Waals surface area contributed by atoms with E-state index in [1.54, 1.807) is 6.92 Å². The van der Waals surface area contributed by atoms with Crippen molar-refractivity contribution in [1.29, 1.82) is 0 Å². The summed E-state index contributed by atoms with van der Waals surface area (Å²) in [4.78, 5) is 11.0. The predicted octanol–water partition coefficient (Wildman–Crippen LogP) is 1.22. The van der Waals surface area contributed by atoms with Gasteiger partial charge in [-0.25, -0.2) is 0 Å². The fourth-order valence-electron chi connectivity index (χ4n) is 0.965. The Labute approximate surface area is 93.2 Å². The van der Waals surface area contributed by atoms with Crippen molar-refractivity contribution in [3.05, 3.63) is 24.3 Å². The first kappa shape index (κ1) is 12.5. The summed E-state index contributed by atoms with van der Waals surface area (Å²) in [6.45, 7) is 1.71. The van der Waals surface area contributed by atoms with E-state index in [0.717, 1.165) is 0 Å². The van der Waals surface area contributed by atoms with Crippen molar-refractivity contribution in [3.63, 3.8) is 0 Å². The first-order valence-corrected chi connectivity index (χ1v) is 5.84. The zero-order chi connectivity index (χ0) is 12.2. The normalized spacial score (nSPS) is 10.9. The van der Waals surface area contributed by atoms with Crippen LogP contribution in [0.4, 0.5) is 5.69 Å². The maximum Gasteiger partial charge on any atom is 0.446 e. The highest BCUT2D eigenvalue weighted by atomic mass is 32.3. The summed E-state index contributed by atoms with van der Waals surface area (Å²) in [6, 6.07) is 5.57. The number of hydrogen-bond acceptors (Lipinski definition) is 4. The molecule has 1 amide bonds. The number of carbonyl (C=O) groups excluding carboxylic acids is 1. The Hall–Kier alpha value is -1.60. The van der Waals surface area contributed by atoms with Gasteiger partial charge in [-0.2, -0.15) is 8.42 Å². The molecule has 0 aliphatic heterocycles. The third-order valence-electron chi connectivity index (χ3n) is 1.66. The molecular weight excluding hydrogens is 234 g/mol. The number of nitrogens with one attached hydrogen (secondary N) is 1. The highest BCUT2D eigenvalue weighted by Crippen LogP contribution is 2.16.